The van der Waals surface area contributed by atoms with Crippen LogP contribution in [-0.2, 0) is 20.6 Å². The number of hydrogen-bond donors (Lipinski definition) is 1. The van der Waals surface area contributed by atoms with E-state index in [0.29, 0.717) is 13.1 Å². The predicted molar refractivity (Wildman–Crippen MR) is 92.8 cm³/mol. The van der Waals surface area contributed by atoms with Crippen LogP contribution in [0.1, 0.15) is 25.8 Å². The van der Waals surface area contributed by atoms with Crippen LogP contribution in [0, 0.1) is 5.92 Å². The molecule has 27 heavy (non-hydrogen) atoms. The van der Waals surface area contributed by atoms with E-state index in [-0.39, 0.29) is 37.0 Å². The zero-order chi connectivity index (χ0) is 20.2. The van der Waals surface area contributed by atoms with Gasteiger partial charge in [-0.1, -0.05) is 6.07 Å². The number of benzene rings is 1. The number of halogens is 3. The molecule has 1 atom stereocenters. The van der Waals surface area contributed by atoms with E-state index in [4.69, 9.17) is 0 Å². The molecule has 6 nitrogen and oxygen atoms in total. The minimum Gasteiger partial charge on any atom is -0.355 e. The Balaban J connectivity index is 2.12. The van der Waals surface area contributed by atoms with Gasteiger partial charge in [-0.05, 0) is 32.0 Å². The van der Waals surface area contributed by atoms with Gasteiger partial charge in [0.2, 0.25) is 17.7 Å². The smallest absolute Gasteiger partial charge is 0.355 e. The van der Waals surface area contributed by atoms with Crippen LogP contribution in [-0.4, -0.2) is 48.8 Å². The van der Waals surface area contributed by atoms with Gasteiger partial charge < -0.3 is 15.1 Å². The SMILES string of the molecule is CCNC(=O)CN(CC)C(=O)[C@H]1CC(=O)N(c2cccc(C(F)(F)F)c2)C1. The van der Waals surface area contributed by atoms with Crippen molar-refractivity contribution < 1.29 is 27.6 Å². The van der Waals surface area contributed by atoms with Gasteiger partial charge in [-0.15, -0.1) is 0 Å². The Bertz CT molecular complexity index is 721. The Morgan fingerprint density at radius 3 is 2.59 bits per heavy atom. The number of alkyl halides is 3. The molecular weight excluding hydrogens is 363 g/mol. The van der Waals surface area contributed by atoms with Crippen LogP contribution in [0.15, 0.2) is 24.3 Å². The zero-order valence-electron chi connectivity index (χ0n) is 15.2. The molecular formula is C18H22F3N3O3. The van der Waals surface area contributed by atoms with E-state index in [2.05, 4.69) is 5.32 Å². The number of amides is 3. The van der Waals surface area contributed by atoms with E-state index in [0.717, 1.165) is 12.1 Å². The molecule has 0 aromatic heterocycles. The number of carbonyl (C=O) groups is 3. The highest BCUT2D eigenvalue weighted by Gasteiger charge is 2.38. The molecule has 0 aliphatic carbocycles. The summed E-state index contributed by atoms with van der Waals surface area (Å²) in [5.41, 5.74) is -0.745. The van der Waals surface area contributed by atoms with Crippen molar-refractivity contribution in [2.24, 2.45) is 5.92 Å². The van der Waals surface area contributed by atoms with Crippen LogP contribution >= 0.6 is 0 Å². The maximum atomic E-state index is 12.9. The second-order valence-electron chi connectivity index (χ2n) is 6.26. The molecule has 0 unspecified atom stereocenters. The Hall–Kier alpha value is -2.58. The molecule has 1 aromatic carbocycles. The topological polar surface area (TPSA) is 69.7 Å². The zero-order valence-corrected chi connectivity index (χ0v) is 15.2. The average molecular weight is 385 g/mol. The standard InChI is InChI=1S/C18H22F3N3O3/c1-3-22-15(25)11-23(4-2)17(27)12-8-16(26)24(10-12)14-7-5-6-13(9-14)18(19,20)21/h5-7,9,12H,3-4,8,10-11H2,1-2H3,(H,22,25)/t12-/m0/s1. The largest absolute Gasteiger partial charge is 0.416 e. The normalized spacial score (nSPS) is 17.1. The summed E-state index contributed by atoms with van der Waals surface area (Å²) in [6.45, 7) is 4.10. The summed E-state index contributed by atoms with van der Waals surface area (Å²) in [5.74, 6) is -1.76. The first-order valence-corrected chi connectivity index (χ1v) is 8.70. The first kappa shape index (κ1) is 20.7. The van der Waals surface area contributed by atoms with Gasteiger partial charge in [0.05, 0.1) is 18.0 Å². The summed E-state index contributed by atoms with van der Waals surface area (Å²) in [4.78, 5) is 39.2. The molecule has 0 bridgehead atoms. The summed E-state index contributed by atoms with van der Waals surface area (Å²) in [7, 11) is 0. The quantitative estimate of drug-likeness (QED) is 0.815. The van der Waals surface area contributed by atoms with Gasteiger partial charge in [0, 0.05) is 31.7 Å². The van der Waals surface area contributed by atoms with Gasteiger partial charge in [0.15, 0.2) is 0 Å². The maximum Gasteiger partial charge on any atom is 0.416 e. The molecule has 1 aliphatic heterocycles. The number of hydrogen-bond acceptors (Lipinski definition) is 3. The Labute approximate surface area is 155 Å². The first-order chi connectivity index (χ1) is 12.7. The summed E-state index contributed by atoms with van der Waals surface area (Å²) < 4.78 is 38.7. The minimum absolute atomic E-state index is 0.00905. The Morgan fingerprint density at radius 2 is 2.00 bits per heavy atom. The van der Waals surface area contributed by atoms with Crippen molar-refractivity contribution in [1.82, 2.24) is 10.2 Å². The molecule has 9 heteroatoms. The van der Waals surface area contributed by atoms with Crippen LogP contribution in [0.4, 0.5) is 18.9 Å². The third-order valence-corrected chi connectivity index (χ3v) is 4.36. The predicted octanol–water partition coefficient (Wildman–Crippen LogP) is 2.04. The maximum absolute atomic E-state index is 12.9. The number of rotatable bonds is 6. The van der Waals surface area contributed by atoms with Gasteiger partial charge in [-0.25, -0.2) is 0 Å². The molecule has 1 saturated heterocycles. The molecule has 1 N–H and O–H groups in total. The highest BCUT2D eigenvalue weighted by atomic mass is 19.4. The highest BCUT2D eigenvalue weighted by Crippen LogP contribution is 2.33. The van der Waals surface area contributed by atoms with Crippen LogP contribution in [0.5, 0.6) is 0 Å². The molecule has 0 saturated carbocycles. The summed E-state index contributed by atoms with van der Waals surface area (Å²) in [5, 5.41) is 2.60. The minimum atomic E-state index is -4.51. The van der Waals surface area contributed by atoms with Crippen molar-refractivity contribution in [2.75, 3.05) is 31.1 Å². The lowest BCUT2D eigenvalue weighted by Gasteiger charge is -2.24. The third kappa shape index (κ3) is 4.99. The fourth-order valence-corrected chi connectivity index (χ4v) is 3.00. The van der Waals surface area contributed by atoms with Crippen molar-refractivity contribution in [1.29, 1.82) is 0 Å². The second kappa shape index (κ2) is 8.41. The van der Waals surface area contributed by atoms with Crippen LogP contribution in [0.3, 0.4) is 0 Å². The van der Waals surface area contributed by atoms with Crippen molar-refractivity contribution >= 4 is 23.4 Å². The Morgan fingerprint density at radius 1 is 1.30 bits per heavy atom. The van der Waals surface area contributed by atoms with Crippen molar-refractivity contribution in [2.45, 2.75) is 26.4 Å². The number of anilines is 1. The van der Waals surface area contributed by atoms with Crippen molar-refractivity contribution in [3.8, 4) is 0 Å². The van der Waals surface area contributed by atoms with Crippen molar-refractivity contribution in [3.05, 3.63) is 29.8 Å². The van der Waals surface area contributed by atoms with E-state index in [9.17, 15) is 27.6 Å². The molecule has 1 aliphatic rings. The molecule has 1 heterocycles. The fourth-order valence-electron chi connectivity index (χ4n) is 3.00. The van der Waals surface area contributed by atoms with Crippen LogP contribution < -0.4 is 10.2 Å². The summed E-state index contributed by atoms with van der Waals surface area (Å²) >= 11 is 0. The lowest BCUT2D eigenvalue weighted by molar-refractivity contribution is -0.139. The molecule has 2 rings (SSSR count). The summed E-state index contributed by atoms with van der Waals surface area (Å²) in [6, 6.07) is 4.47. The number of likely N-dealkylation sites (N-methyl/N-ethyl adjacent to an activating group) is 2. The monoisotopic (exact) mass is 385 g/mol. The second-order valence-corrected chi connectivity index (χ2v) is 6.26. The molecule has 3 amide bonds. The van der Waals surface area contributed by atoms with Crippen molar-refractivity contribution in [3.63, 3.8) is 0 Å². The van der Waals surface area contributed by atoms with Gasteiger partial charge in [-0.2, -0.15) is 13.2 Å². The number of carbonyl (C=O) groups excluding carboxylic acids is 3. The van der Waals surface area contributed by atoms with Gasteiger partial charge in [0.1, 0.15) is 0 Å². The average Bonchev–Trinajstić information content (AvgIpc) is 3.00. The molecule has 148 valence electrons. The van der Waals surface area contributed by atoms with E-state index in [1.165, 1.54) is 21.9 Å². The molecule has 1 fully saturated rings. The van der Waals surface area contributed by atoms with Gasteiger partial charge >= 0.3 is 6.18 Å². The highest BCUT2D eigenvalue weighted by molar-refractivity contribution is 6.00. The molecule has 0 spiro atoms. The van der Waals surface area contributed by atoms with E-state index < -0.39 is 23.6 Å². The van der Waals surface area contributed by atoms with E-state index in [1.54, 1.807) is 13.8 Å². The number of nitrogens with zero attached hydrogens (tertiary/aromatic N) is 2. The fraction of sp³-hybridized carbons (Fsp3) is 0.500. The molecule has 0 radical (unpaired) electrons. The Kier molecular flexibility index (Phi) is 6.45. The van der Waals surface area contributed by atoms with Crippen LogP contribution in [0.25, 0.3) is 0 Å². The van der Waals surface area contributed by atoms with Gasteiger partial charge in [0.25, 0.3) is 0 Å². The lowest BCUT2D eigenvalue weighted by atomic mass is 10.1. The van der Waals surface area contributed by atoms with E-state index >= 15 is 0 Å². The molecule has 1 aromatic rings. The third-order valence-electron chi connectivity index (χ3n) is 4.36. The van der Waals surface area contributed by atoms with E-state index in [1.807, 2.05) is 0 Å². The van der Waals surface area contributed by atoms with Crippen LogP contribution in [0.2, 0.25) is 0 Å². The summed E-state index contributed by atoms with van der Waals surface area (Å²) in [6.07, 6.45) is -4.61. The number of nitrogens with one attached hydrogen (secondary N) is 1. The van der Waals surface area contributed by atoms with Gasteiger partial charge in [-0.3, -0.25) is 14.4 Å². The lowest BCUT2D eigenvalue weighted by Crippen LogP contribution is -2.43. The first-order valence-electron chi connectivity index (χ1n) is 8.70.